The zero-order valence-corrected chi connectivity index (χ0v) is 10.6. The summed E-state index contributed by atoms with van der Waals surface area (Å²) in [7, 11) is 0. The van der Waals surface area contributed by atoms with Crippen molar-refractivity contribution in [3.05, 3.63) is 30.3 Å². The highest BCUT2D eigenvalue weighted by atomic mass is 16.5. The Morgan fingerprint density at radius 1 is 1.33 bits per heavy atom. The molecule has 5 nitrogen and oxygen atoms in total. The Labute approximate surface area is 107 Å². The smallest absolute Gasteiger partial charge is 0.321 e. The number of hydrogen-bond acceptors (Lipinski definition) is 3. The maximum atomic E-state index is 11.9. The van der Waals surface area contributed by atoms with Crippen molar-refractivity contribution >= 4 is 11.7 Å². The highest BCUT2D eigenvalue weighted by molar-refractivity contribution is 5.89. The van der Waals surface area contributed by atoms with Crippen LogP contribution in [0, 0.1) is 0 Å². The largest absolute Gasteiger partial charge is 0.394 e. The van der Waals surface area contributed by atoms with Crippen LogP contribution >= 0.6 is 0 Å². The van der Waals surface area contributed by atoms with E-state index in [0.29, 0.717) is 26.3 Å². The molecule has 1 rings (SSSR count). The summed E-state index contributed by atoms with van der Waals surface area (Å²) >= 11 is 0. The number of benzene rings is 1. The third-order valence-corrected chi connectivity index (χ3v) is 2.44. The fourth-order valence-electron chi connectivity index (χ4n) is 1.47. The molecule has 0 aliphatic carbocycles. The molecule has 0 heterocycles. The summed E-state index contributed by atoms with van der Waals surface area (Å²) < 4.78 is 5.14. The van der Waals surface area contributed by atoms with Gasteiger partial charge in [-0.2, -0.15) is 0 Å². The molecule has 100 valence electrons. The Bertz CT molecular complexity index is 343. The molecule has 0 radical (unpaired) electrons. The predicted octanol–water partition coefficient (Wildman–Crippen LogP) is 1.55. The second-order valence-electron chi connectivity index (χ2n) is 3.71. The first-order valence-corrected chi connectivity index (χ1v) is 6.07. The standard InChI is InChI=1S/C13H20N2O3/c1-2-15(8-10-18-11-9-16)13(17)14-12-6-4-3-5-7-12/h3-7,16H,2,8-11H2,1H3,(H,14,17). The Balaban J connectivity index is 2.37. The van der Waals surface area contributed by atoms with Crippen LogP contribution in [0.1, 0.15) is 6.92 Å². The van der Waals surface area contributed by atoms with Gasteiger partial charge in [0.2, 0.25) is 0 Å². The lowest BCUT2D eigenvalue weighted by molar-refractivity contribution is 0.0807. The van der Waals surface area contributed by atoms with Crippen LogP contribution in [0.5, 0.6) is 0 Å². The van der Waals surface area contributed by atoms with Crippen molar-refractivity contribution in [3.63, 3.8) is 0 Å². The zero-order chi connectivity index (χ0) is 13.2. The molecule has 0 unspecified atom stereocenters. The highest BCUT2D eigenvalue weighted by Crippen LogP contribution is 2.06. The van der Waals surface area contributed by atoms with E-state index in [0.717, 1.165) is 5.69 Å². The maximum absolute atomic E-state index is 11.9. The number of aliphatic hydroxyl groups is 1. The molecule has 0 saturated carbocycles. The minimum absolute atomic E-state index is 0.00232. The summed E-state index contributed by atoms with van der Waals surface area (Å²) in [6, 6.07) is 9.18. The van der Waals surface area contributed by atoms with Gasteiger partial charge in [0.05, 0.1) is 19.8 Å². The van der Waals surface area contributed by atoms with E-state index in [9.17, 15) is 4.79 Å². The Morgan fingerprint density at radius 3 is 2.67 bits per heavy atom. The van der Waals surface area contributed by atoms with Crippen molar-refractivity contribution in [2.75, 3.05) is 38.2 Å². The topological polar surface area (TPSA) is 61.8 Å². The van der Waals surface area contributed by atoms with E-state index < -0.39 is 0 Å². The van der Waals surface area contributed by atoms with Gasteiger partial charge < -0.3 is 20.1 Å². The lowest BCUT2D eigenvalue weighted by Gasteiger charge is -2.21. The highest BCUT2D eigenvalue weighted by Gasteiger charge is 2.10. The van der Waals surface area contributed by atoms with Crippen molar-refractivity contribution in [3.8, 4) is 0 Å². The molecule has 0 atom stereocenters. The van der Waals surface area contributed by atoms with Crippen LogP contribution < -0.4 is 5.32 Å². The van der Waals surface area contributed by atoms with Gasteiger partial charge in [-0.15, -0.1) is 0 Å². The van der Waals surface area contributed by atoms with Crippen molar-refractivity contribution in [2.45, 2.75) is 6.92 Å². The number of para-hydroxylation sites is 1. The number of aliphatic hydroxyl groups excluding tert-OH is 1. The number of nitrogens with zero attached hydrogens (tertiary/aromatic N) is 1. The number of amides is 2. The van der Waals surface area contributed by atoms with Crippen LogP contribution in [-0.2, 0) is 4.74 Å². The van der Waals surface area contributed by atoms with Crippen LogP contribution in [0.15, 0.2) is 30.3 Å². The van der Waals surface area contributed by atoms with Crippen LogP contribution in [0.25, 0.3) is 0 Å². The monoisotopic (exact) mass is 252 g/mol. The van der Waals surface area contributed by atoms with Gasteiger partial charge >= 0.3 is 6.03 Å². The first kappa shape index (κ1) is 14.5. The number of ether oxygens (including phenoxy) is 1. The molecule has 2 N–H and O–H groups in total. The summed E-state index contributed by atoms with van der Waals surface area (Å²) in [5.74, 6) is 0. The third-order valence-electron chi connectivity index (χ3n) is 2.44. The number of nitrogens with one attached hydrogen (secondary N) is 1. The number of likely N-dealkylation sites (N-methyl/N-ethyl adjacent to an activating group) is 1. The minimum atomic E-state index is -0.142. The fourth-order valence-corrected chi connectivity index (χ4v) is 1.47. The molecule has 0 aliphatic rings. The molecule has 0 spiro atoms. The summed E-state index contributed by atoms with van der Waals surface area (Å²) in [4.78, 5) is 13.6. The van der Waals surface area contributed by atoms with Crippen molar-refractivity contribution in [1.29, 1.82) is 0 Å². The molecular weight excluding hydrogens is 232 g/mol. The molecule has 1 aromatic carbocycles. The normalized spacial score (nSPS) is 10.1. The molecule has 0 aliphatic heterocycles. The Kier molecular flexibility index (Phi) is 6.83. The number of hydrogen-bond donors (Lipinski definition) is 2. The van der Waals surface area contributed by atoms with Crippen molar-refractivity contribution in [1.82, 2.24) is 4.90 Å². The summed E-state index contributed by atoms with van der Waals surface area (Å²) in [6.45, 7) is 3.77. The van der Waals surface area contributed by atoms with Crippen LogP contribution in [0.2, 0.25) is 0 Å². The van der Waals surface area contributed by atoms with Gasteiger partial charge in [-0.25, -0.2) is 4.79 Å². The lowest BCUT2D eigenvalue weighted by Crippen LogP contribution is -2.37. The Hall–Kier alpha value is -1.59. The van der Waals surface area contributed by atoms with Crippen LogP contribution in [0.4, 0.5) is 10.5 Å². The van der Waals surface area contributed by atoms with E-state index in [1.165, 1.54) is 0 Å². The lowest BCUT2D eigenvalue weighted by atomic mass is 10.3. The van der Waals surface area contributed by atoms with E-state index in [-0.39, 0.29) is 12.6 Å². The number of carbonyl (C=O) groups is 1. The predicted molar refractivity (Wildman–Crippen MR) is 70.6 cm³/mol. The van der Waals surface area contributed by atoms with Crippen molar-refractivity contribution in [2.24, 2.45) is 0 Å². The molecule has 2 amide bonds. The zero-order valence-electron chi connectivity index (χ0n) is 10.6. The molecular formula is C13H20N2O3. The van der Waals surface area contributed by atoms with Gasteiger partial charge in [0.1, 0.15) is 0 Å². The maximum Gasteiger partial charge on any atom is 0.321 e. The summed E-state index contributed by atoms with van der Waals surface area (Å²) in [6.07, 6.45) is 0. The quantitative estimate of drug-likeness (QED) is 0.724. The van der Waals surface area contributed by atoms with Gasteiger partial charge in [0.15, 0.2) is 0 Å². The molecule has 1 aromatic rings. The first-order valence-electron chi connectivity index (χ1n) is 6.07. The third kappa shape index (κ3) is 5.16. The van der Waals surface area contributed by atoms with Gasteiger partial charge in [-0.1, -0.05) is 18.2 Å². The fraction of sp³-hybridized carbons (Fsp3) is 0.462. The van der Waals surface area contributed by atoms with E-state index in [4.69, 9.17) is 9.84 Å². The van der Waals surface area contributed by atoms with E-state index >= 15 is 0 Å². The Morgan fingerprint density at radius 2 is 2.06 bits per heavy atom. The number of anilines is 1. The molecule has 0 aromatic heterocycles. The van der Waals surface area contributed by atoms with Gasteiger partial charge in [-0.05, 0) is 19.1 Å². The molecule has 0 bridgehead atoms. The molecule has 18 heavy (non-hydrogen) atoms. The molecule has 0 saturated heterocycles. The van der Waals surface area contributed by atoms with Gasteiger partial charge in [-0.3, -0.25) is 0 Å². The SMILES string of the molecule is CCN(CCOCCO)C(=O)Nc1ccccc1. The minimum Gasteiger partial charge on any atom is -0.394 e. The number of carbonyl (C=O) groups excluding carboxylic acids is 1. The van der Waals surface area contributed by atoms with Gasteiger partial charge in [0.25, 0.3) is 0 Å². The average Bonchev–Trinajstić information content (AvgIpc) is 2.40. The number of urea groups is 1. The van der Waals surface area contributed by atoms with Crippen molar-refractivity contribution < 1.29 is 14.6 Å². The van der Waals surface area contributed by atoms with Crippen LogP contribution in [0.3, 0.4) is 0 Å². The number of rotatable bonds is 7. The van der Waals surface area contributed by atoms with E-state index in [2.05, 4.69) is 5.32 Å². The molecule has 0 fully saturated rings. The van der Waals surface area contributed by atoms with E-state index in [1.807, 2.05) is 37.3 Å². The summed E-state index contributed by atoms with van der Waals surface area (Å²) in [5.41, 5.74) is 0.775. The second-order valence-corrected chi connectivity index (χ2v) is 3.71. The summed E-state index contributed by atoms with van der Waals surface area (Å²) in [5, 5.41) is 11.4. The average molecular weight is 252 g/mol. The van der Waals surface area contributed by atoms with E-state index in [1.54, 1.807) is 4.90 Å². The van der Waals surface area contributed by atoms with Gasteiger partial charge in [0, 0.05) is 18.8 Å². The second kappa shape index (κ2) is 8.49. The van der Waals surface area contributed by atoms with Crippen LogP contribution in [-0.4, -0.2) is 48.9 Å². The molecule has 5 heteroatoms. The first-order chi connectivity index (χ1) is 8.77.